The Kier molecular flexibility index (Phi) is 4.00. The molecule has 0 radical (unpaired) electrons. The molecule has 0 fully saturated rings. The van der Waals surface area contributed by atoms with Crippen LogP contribution < -0.4 is 5.32 Å². The van der Waals surface area contributed by atoms with Gasteiger partial charge in [-0.25, -0.2) is 0 Å². The summed E-state index contributed by atoms with van der Waals surface area (Å²) >= 11 is 1.92. The molecule has 16 heavy (non-hydrogen) atoms. The first kappa shape index (κ1) is 12.1. The third kappa shape index (κ3) is 2.84. The molecule has 0 saturated carbocycles. The van der Waals surface area contributed by atoms with Crippen LogP contribution in [0.4, 0.5) is 0 Å². The Morgan fingerprint density at radius 1 is 1.44 bits per heavy atom. The number of nitrogens with one attached hydrogen (secondary N) is 1. The van der Waals surface area contributed by atoms with Gasteiger partial charge in [0.25, 0.3) is 0 Å². The maximum atomic E-state index is 3.52. The fourth-order valence-electron chi connectivity index (χ4n) is 2.18. The first-order valence-electron chi connectivity index (χ1n) is 6.19. The second-order valence-corrected chi connectivity index (χ2v) is 6.00. The van der Waals surface area contributed by atoms with Crippen molar-refractivity contribution >= 4 is 11.3 Å². The number of fused-ring (bicyclic) bond motifs is 1. The number of hydrogen-bond acceptors (Lipinski definition) is 3. The van der Waals surface area contributed by atoms with Gasteiger partial charge in [0.2, 0.25) is 0 Å². The van der Waals surface area contributed by atoms with Crippen LogP contribution in [0.15, 0.2) is 11.4 Å². The summed E-state index contributed by atoms with van der Waals surface area (Å²) in [5.41, 5.74) is 1.55. The van der Waals surface area contributed by atoms with Crippen molar-refractivity contribution in [2.75, 3.05) is 13.1 Å². The number of nitrogens with zero attached hydrogens (tertiary/aromatic N) is 1. The maximum Gasteiger partial charge on any atom is 0.0248 e. The van der Waals surface area contributed by atoms with Gasteiger partial charge in [-0.2, -0.15) is 0 Å². The number of hydrogen-bond donors (Lipinski definition) is 1. The molecule has 0 aliphatic carbocycles. The summed E-state index contributed by atoms with van der Waals surface area (Å²) in [7, 11) is 0. The zero-order chi connectivity index (χ0) is 11.5. The summed E-state index contributed by atoms with van der Waals surface area (Å²) in [6.45, 7) is 10.2. The molecular formula is C13H22N2S. The summed E-state index contributed by atoms with van der Waals surface area (Å²) in [6.07, 6.45) is 1.24. The van der Waals surface area contributed by atoms with Crippen LogP contribution in [-0.4, -0.2) is 30.1 Å². The van der Waals surface area contributed by atoms with Gasteiger partial charge in [-0.05, 0) is 30.4 Å². The van der Waals surface area contributed by atoms with Crippen LogP contribution in [0.2, 0.25) is 0 Å². The van der Waals surface area contributed by atoms with Crippen molar-refractivity contribution in [1.29, 1.82) is 0 Å². The molecule has 90 valence electrons. The Morgan fingerprint density at radius 2 is 2.25 bits per heavy atom. The van der Waals surface area contributed by atoms with Gasteiger partial charge >= 0.3 is 0 Å². The lowest BCUT2D eigenvalue weighted by Gasteiger charge is -2.33. The summed E-state index contributed by atoms with van der Waals surface area (Å²) < 4.78 is 0. The molecule has 3 heteroatoms. The molecule has 0 spiro atoms. The van der Waals surface area contributed by atoms with E-state index in [0.29, 0.717) is 12.1 Å². The van der Waals surface area contributed by atoms with Gasteiger partial charge in [-0.3, -0.25) is 4.90 Å². The summed E-state index contributed by atoms with van der Waals surface area (Å²) in [6, 6.07) is 3.51. The third-order valence-electron chi connectivity index (χ3n) is 3.28. The van der Waals surface area contributed by atoms with Gasteiger partial charge < -0.3 is 5.32 Å². The lowest BCUT2D eigenvalue weighted by molar-refractivity contribution is 0.186. The normalized spacial score (nSPS) is 18.8. The fraction of sp³-hybridized carbons (Fsp3) is 0.692. The van der Waals surface area contributed by atoms with Crippen LogP contribution in [0.25, 0.3) is 0 Å². The van der Waals surface area contributed by atoms with E-state index in [1.165, 1.54) is 13.0 Å². The molecule has 0 saturated heterocycles. The summed E-state index contributed by atoms with van der Waals surface area (Å²) in [5.74, 6) is 0. The molecule has 1 aromatic rings. The molecule has 0 aromatic carbocycles. The van der Waals surface area contributed by atoms with Gasteiger partial charge in [-0.15, -0.1) is 11.3 Å². The number of rotatable bonds is 4. The highest BCUT2D eigenvalue weighted by molar-refractivity contribution is 7.10. The zero-order valence-electron chi connectivity index (χ0n) is 10.5. The smallest absolute Gasteiger partial charge is 0.0248 e. The van der Waals surface area contributed by atoms with Gasteiger partial charge in [-0.1, -0.05) is 13.8 Å². The van der Waals surface area contributed by atoms with Crippen molar-refractivity contribution in [3.63, 3.8) is 0 Å². The molecule has 0 bridgehead atoms. The Hall–Kier alpha value is -0.380. The molecule has 1 aromatic heterocycles. The van der Waals surface area contributed by atoms with E-state index in [0.717, 1.165) is 13.1 Å². The van der Waals surface area contributed by atoms with E-state index in [2.05, 4.69) is 42.4 Å². The molecule has 2 nitrogen and oxygen atoms in total. The summed E-state index contributed by atoms with van der Waals surface area (Å²) in [4.78, 5) is 4.19. The highest BCUT2D eigenvalue weighted by atomic mass is 32.1. The first-order valence-corrected chi connectivity index (χ1v) is 7.07. The Labute approximate surface area is 103 Å². The maximum absolute atomic E-state index is 3.52. The highest BCUT2D eigenvalue weighted by Gasteiger charge is 2.21. The van der Waals surface area contributed by atoms with E-state index in [-0.39, 0.29) is 0 Å². The van der Waals surface area contributed by atoms with Gasteiger partial charge in [0.05, 0.1) is 0 Å². The van der Waals surface area contributed by atoms with Crippen LogP contribution in [0.1, 0.15) is 31.2 Å². The van der Waals surface area contributed by atoms with Crippen molar-refractivity contribution in [3.05, 3.63) is 21.9 Å². The van der Waals surface area contributed by atoms with E-state index >= 15 is 0 Å². The van der Waals surface area contributed by atoms with E-state index in [9.17, 15) is 0 Å². The average Bonchev–Trinajstić information content (AvgIpc) is 2.72. The van der Waals surface area contributed by atoms with Gasteiger partial charge in [0, 0.05) is 36.6 Å². The minimum atomic E-state index is 0.587. The van der Waals surface area contributed by atoms with Crippen LogP contribution in [0.5, 0.6) is 0 Å². The predicted octanol–water partition coefficient (Wildman–Crippen LogP) is 2.49. The molecule has 1 aliphatic heterocycles. The molecule has 0 amide bonds. The average molecular weight is 238 g/mol. The predicted molar refractivity (Wildman–Crippen MR) is 71.0 cm³/mol. The van der Waals surface area contributed by atoms with E-state index in [1.807, 2.05) is 11.3 Å². The van der Waals surface area contributed by atoms with E-state index in [1.54, 1.807) is 10.4 Å². The van der Waals surface area contributed by atoms with E-state index in [4.69, 9.17) is 0 Å². The van der Waals surface area contributed by atoms with Crippen LogP contribution in [0, 0.1) is 0 Å². The molecule has 1 atom stereocenters. The Morgan fingerprint density at radius 3 is 3.00 bits per heavy atom. The minimum absolute atomic E-state index is 0.587. The Bertz CT molecular complexity index is 332. The monoisotopic (exact) mass is 238 g/mol. The second-order valence-electron chi connectivity index (χ2n) is 5.00. The Balaban J connectivity index is 1.88. The van der Waals surface area contributed by atoms with Crippen LogP contribution in [0.3, 0.4) is 0 Å². The molecule has 1 unspecified atom stereocenters. The van der Waals surface area contributed by atoms with Crippen molar-refractivity contribution < 1.29 is 0 Å². The fourth-order valence-corrected chi connectivity index (χ4v) is 3.07. The van der Waals surface area contributed by atoms with Crippen molar-refractivity contribution in [3.8, 4) is 0 Å². The molecule has 1 aliphatic rings. The SMILES string of the molecule is CC(C)NCC(C)N1CCc2sccc2C1. The molecule has 2 heterocycles. The standard InChI is InChI=1S/C13H22N2S/c1-10(2)14-8-11(3)15-6-4-13-12(9-15)5-7-16-13/h5,7,10-11,14H,4,6,8-9H2,1-3H3. The minimum Gasteiger partial charge on any atom is -0.313 e. The number of thiophene rings is 1. The lowest BCUT2D eigenvalue weighted by atomic mass is 10.1. The van der Waals surface area contributed by atoms with Crippen LogP contribution in [-0.2, 0) is 13.0 Å². The highest BCUT2D eigenvalue weighted by Crippen LogP contribution is 2.24. The quantitative estimate of drug-likeness (QED) is 0.867. The zero-order valence-corrected chi connectivity index (χ0v) is 11.3. The molecule has 1 N–H and O–H groups in total. The van der Waals surface area contributed by atoms with Crippen LogP contribution >= 0.6 is 11.3 Å². The molecular weight excluding hydrogens is 216 g/mol. The summed E-state index contributed by atoms with van der Waals surface area (Å²) in [5, 5.41) is 5.75. The van der Waals surface area contributed by atoms with E-state index < -0.39 is 0 Å². The molecule has 2 rings (SSSR count). The second kappa shape index (κ2) is 5.30. The largest absolute Gasteiger partial charge is 0.313 e. The van der Waals surface area contributed by atoms with Crippen molar-refractivity contribution in [1.82, 2.24) is 10.2 Å². The third-order valence-corrected chi connectivity index (χ3v) is 4.31. The first-order chi connectivity index (χ1) is 7.66. The van der Waals surface area contributed by atoms with Gasteiger partial charge in [0.1, 0.15) is 0 Å². The lowest BCUT2D eigenvalue weighted by Crippen LogP contribution is -2.44. The van der Waals surface area contributed by atoms with Crippen molar-refractivity contribution in [2.24, 2.45) is 0 Å². The van der Waals surface area contributed by atoms with Gasteiger partial charge in [0.15, 0.2) is 0 Å². The topological polar surface area (TPSA) is 15.3 Å². The van der Waals surface area contributed by atoms with Crippen molar-refractivity contribution in [2.45, 2.75) is 45.8 Å².